The lowest BCUT2D eigenvalue weighted by molar-refractivity contribution is 0.491. The molecule has 1 atom stereocenters. The van der Waals surface area contributed by atoms with Crippen LogP contribution in [0.3, 0.4) is 0 Å². The molecule has 0 radical (unpaired) electrons. The Hall–Kier alpha value is -1.58. The van der Waals surface area contributed by atoms with Gasteiger partial charge in [0.15, 0.2) is 0 Å². The monoisotopic (exact) mass is 315 g/mol. The molecular formula is C16H14BrNO. The number of fused-ring (bicyclic) bond motifs is 1. The Labute approximate surface area is 120 Å². The van der Waals surface area contributed by atoms with E-state index >= 15 is 0 Å². The van der Waals surface area contributed by atoms with Gasteiger partial charge in [0.2, 0.25) is 0 Å². The lowest BCUT2D eigenvalue weighted by Crippen LogP contribution is -2.16. The minimum absolute atomic E-state index is 0.0699. The molecule has 2 nitrogen and oxygen atoms in total. The molecule has 0 spiro atoms. The molecule has 0 saturated carbocycles. The second-order valence-electron chi connectivity index (χ2n) is 4.46. The Morgan fingerprint density at radius 1 is 1.05 bits per heavy atom. The van der Waals surface area contributed by atoms with Gasteiger partial charge in [-0.1, -0.05) is 46.3 Å². The van der Waals surface area contributed by atoms with Crippen LogP contribution in [-0.4, -0.2) is 7.05 Å². The molecule has 0 fully saturated rings. The molecule has 96 valence electrons. The van der Waals surface area contributed by atoms with Crippen LogP contribution in [0.2, 0.25) is 0 Å². The highest BCUT2D eigenvalue weighted by Gasteiger charge is 2.16. The molecule has 0 aliphatic heterocycles. The molecule has 0 amide bonds. The Balaban J connectivity index is 2.04. The predicted molar refractivity (Wildman–Crippen MR) is 81.3 cm³/mol. The van der Waals surface area contributed by atoms with Gasteiger partial charge in [-0.25, -0.2) is 0 Å². The summed E-state index contributed by atoms with van der Waals surface area (Å²) in [6.45, 7) is 0. The second-order valence-corrected chi connectivity index (χ2v) is 5.38. The molecule has 19 heavy (non-hydrogen) atoms. The topological polar surface area (TPSA) is 25.2 Å². The third-order valence-corrected chi connectivity index (χ3v) is 3.75. The zero-order valence-electron chi connectivity index (χ0n) is 10.6. The number of furan rings is 1. The average Bonchev–Trinajstić information content (AvgIpc) is 2.85. The molecule has 1 unspecified atom stereocenters. The van der Waals surface area contributed by atoms with Crippen LogP contribution in [0.4, 0.5) is 0 Å². The highest BCUT2D eigenvalue weighted by Crippen LogP contribution is 2.28. The van der Waals surface area contributed by atoms with Gasteiger partial charge in [0.1, 0.15) is 11.3 Å². The van der Waals surface area contributed by atoms with Crippen molar-refractivity contribution in [3.8, 4) is 0 Å². The first-order chi connectivity index (χ1) is 9.28. The van der Waals surface area contributed by atoms with Crippen molar-refractivity contribution in [1.82, 2.24) is 5.32 Å². The van der Waals surface area contributed by atoms with Crippen LogP contribution >= 0.6 is 15.9 Å². The normalized spacial score (nSPS) is 12.7. The number of rotatable bonds is 3. The number of para-hydroxylation sites is 1. The van der Waals surface area contributed by atoms with Gasteiger partial charge < -0.3 is 9.73 Å². The van der Waals surface area contributed by atoms with E-state index in [1.165, 1.54) is 5.56 Å². The van der Waals surface area contributed by atoms with Crippen LogP contribution < -0.4 is 5.32 Å². The smallest absolute Gasteiger partial charge is 0.134 e. The minimum Gasteiger partial charge on any atom is -0.459 e. The molecule has 1 N–H and O–H groups in total. The fraction of sp³-hybridized carbons (Fsp3) is 0.125. The number of halogens is 1. The van der Waals surface area contributed by atoms with Crippen molar-refractivity contribution < 1.29 is 4.42 Å². The van der Waals surface area contributed by atoms with E-state index in [-0.39, 0.29) is 6.04 Å². The summed E-state index contributed by atoms with van der Waals surface area (Å²) >= 11 is 3.46. The van der Waals surface area contributed by atoms with Crippen LogP contribution in [0.5, 0.6) is 0 Å². The van der Waals surface area contributed by atoms with E-state index in [0.717, 1.165) is 21.2 Å². The van der Waals surface area contributed by atoms with Crippen LogP contribution in [0.1, 0.15) is 17.4 Å². The second kappa shape index (κ2) is 5.19. The molecule has 2 aromatic carbocycles. The molecule has 3 aromatic rings. The molecule has 1 heterocycles. The number of hydrogen-bond acceptors (Lipinski definition) is 2. The third-order valence-electron chi connectivity index (χ3n) is 3.22. The standard InChI is InChI=1S/C16H14BrNO/c1-18-16(11-6-8-13(17)9-7-11)15-10-12-4-2-3-5-14(12)19-15/h2-10,16,18H,1H3. The molecule has 0 aliphatic rings. The van der Waals surface area contributed by atoms with Gasteiger partial charge in [0, 0.05) is 9.86 Å². The Kier molecular flexibility index (Phi) is 3.40. The fourth-order valence-electron chi connectivity index (χ4n) is 2.27. The number of hydrogen-bond donors (Lipinski definition) is 1. The first-order valence-corrected chi connectivity index (χ1v) is 6.98. The van der Waals surface area contributed by atoms with Gasteiger partial charge in [-0.2, -0.15) is 0 Å². The molecule has 3 rings (SSSR count). The molecule has 1 aromatic heterocycles. The highest BCUT2D eigenvalue weighted by atomic mass is 79.9. The van der Waals surface area contributed by atoms with Crippen molar-refractivity contribution in [2.24, 2.45) is 0 Å². The van der Waals surface area contributed by atoms with E-state index in [2.05, 4.69) is 45.5 Å². The van der Waals surface area contributed by atoms with E-state index in [1.807, 2.05) is 37.4 Å². The van der Waals surface area contributed by atoms with Gasteiger partial charge in [0.05, 0.1) is 6.04 Å². The summed E-state index contributed by atoms with van der Waals surface area (Å²) in [5, 5.41) is 4.44. The zero-order valence-corrected chi connectivity index (χ0v) is 12.1. The van der Waals surface area contributed by atoms with Gasteiger partial charge in [-0.05, 0) is 36.9 Å². The first-order valence-electron chi connectivity index (χ1n) is 6.19. The van der Waals surface area contributed by atoms with Crippen molar-refractivity contribution >= 4 is 26.9 Å². The summed E-state index contributed by atoms with van der Waals surface area (Å²) in [7, 11) is 1.94. The van der Waals surface area contributed by atoms with Gasteiger partial charge in [0.25, 0.3) is 0 Å². The number of benzene rings is 2. The van der Waals surface area contributed by atoms with Crippen LogP contribution in [0.15, 0.2) is 63.5 Å². The summed E-state index contributed by atoms with van der Waals surface area (Å²) in [6.07, 6.45) is 0. The van der Waals surface area contributed by atoms with E-state index in [4.69, 9.17) is 4.42 Å². The zero-order chi connectivity index (χ0) is 13.2. The Morgan fingerprint density at radius 3 is 2.47 bits per heavy atom. The Morgan fingerprint density at radius 2 is 1.79 bits per heavy atom. The molecule has 0 bridgehead atoms. The van der Waals surface area contributed by atoms with Crippen molar-refractivity contribution in [2.75, 3.05) is 7.05 Å². The summed E-state index contributed by atoms with van der Waals surface area (Å²) in [5.41, 5.74) is 2.11. The van der Waals surface area contributed by atoms with Crippen LogP contribution in [0.25, 0.3) is 11.0 Å². The number of nitrogens with one attached hydrogen (secondary N) is 1. The van der Waals surface area contributed by atoms with E-state index < -0.39 is 0 Å². The predicted octanol–water partition coefficient (Wildman–Crippen LogP) is 4.50. The largest absolute Gasteiger partial charge is 0.459 e. The maximum absolute atomic E-state index is 5.93. The SMILES string of the molecule is CNC(c1ccc(Br)cc1)c1cc2ccccc2o1. The maximum atomic E-state index is 5.93. The summed E-state index contributed by atoms with van der Waals surface area (Å²) in [5.74, 6) is 0.936. The van der Waals surface area contributed by atoms with Gasteiger partial charge >= 0.3 is 0 Å². The van der Waals surface area contributed by atoms with Gasteiger partial charge in [-0.3, -0.25) is 0 Å². The van der Waals surface area contributed by atoms with Crippen molar-refractivity contribution in [1.29, 1.82) is 0 Å². The Bertz CT molecular complexity index is 654. The first kappa shape index (κ1) is 12.5. The van der Waals surface area contributed by atoms with Crippen molar-refractivity contribution in [3.63, 3.8) is 0 Å². The average molecular weight is 316 g/mol. The van der Waals surface area contributed by atoms with Crippen molar-refractivity contribution in [3.05, 3.63) is 70.4 Å². The lowest BCUT2D eigenvalue weighted by atomic mass is 10.0. The quantitative estimate of drug-likeness (QED) is 0.769. The van der Waals surface area contributed by atoms with E-state index in [1.54, 1.807) is 0 Å². The molecule has 0 saturated heterocycles. The lowest BCUT2D eigenvalue weighted by Gasteiger charge is -2.13. The fourth-order valence-corrected chi connectivity index (χ4v) is 2.54. The minimum atomic E-state index is 0.0699. The summed E-state index contributed by atoms with van der Waals surface area (Å²) in [4.78, 5) is 0. The van der Waals surface area contributed by atoms with Gasteiger partial charge in [-0.15, -0.1) is 0 Å². The molecule has 3 heteroatoms. The third kappa shape index (κ3) is 2.44. The van der Waals surface area contributed by atoms with Crippen molar-refractivity contribution in [2.45, 2.75) is 6.04 Å². The summed E-state index contributed by atoms with van der Waals surface area (Å²) in [6, 6.07) is 18.5. The highest BCUT2D eigenvalue weighted by molar-refractivity contribution is 9.10. The molecule has 0 aliphatic carbocycles. The van der Waals surface area contributed by atoms with E-state index in [9.17, 15) is 0 Å². The maximum Gasteiger partial charge on any atom is 0.134 e. The van der Waals surface area contributed by atoms with Crippen LogP contribution in [-0.2, 0) is 0 Å². The van der Waals surface area contributed by atoms with E-state index in [0.29, 0.717) is 0 Å². The molecular weight excluding hydrogens is 302 g/mol. The summed E-state index contributed by atoms with van der Waals surface area (Å²) < 4.78 is 7.01. The van der Waals surface area contributed by atoms with Crippen LogP contribution in [0, 0.1) is 0 Å².